The van der Waals surface area contributed by atoms with Gasteiger partial charge in [0.2, 0.25) is 5.91 Å². The summed E-state index contributed by atoms with van der Waals surface area (Å²) in [6.07, 6.45) is 2.03. The van der Waals surface area contributed by atoms with Gasteiger partial charge in [-0.2, -0.15) is 0 Å². The number of carbonyl (C=O) groups is 3. The molecule has 1 aromatic carbocycles. The van der Waals surface area contributed by atoms with Gasteiger partial charge in [-0.3, -0.25) is 14.5 Å². The average Bonchev–Trinajstić information content (AvgIpc) is 3.32. The summed E-state index contributed by atoms with van der Waals surface area (Å²) in [5.41, 5.74) is 5.43. The molecule has 8 nitrogen and oxygen atoms in total. The van der Waals surface area contributed by atoms with Gasteiger partial charge in [0.25, 0.3) is 5.91 Å². The lowest BCUT2D eigenvalue weighted by atomic mass is 9.91. The summed E-state index contributed by atoms with van der Waals surface area (Å²) in [5, 5.41) is 2.73. The number of rotatable bonds is 4. The second-order valence-electron chi connectivity index (χ2n) is 8.11. The molecule has 4 atom stereocenters. The number of nitrogens with two attached hydrogens (primary N) is 1. The molecule has 28 heavy (non-hydrogen) atoms. The van der Waals surface area contributed by atoms with Crippen LogP contribution < -0.4 is 15.8 Å². The van der Waals surface area contributed by atoms with E-state index in [1.165, 1.54) is 7.11 Å². The number of nitrogens with one attached hydrogen (secondary N) is 1. The van der Waals surface area contributed by atoms with E-state index in [2.05, 4.69) is 5.32 Å². The van der Waals surface area contributed by atoms with E-state index in [-0.39, 0.29) is 18.5 Å². The minimum absolute atomic E-state index is 0.133. The highest BCUT2D eigenvalue weighted by Crippen LogP contribution is 2.38. The molecule has 4 rings (SSSR count). The van der Waals surface area contributed by atoms with Crippen LogP contribution in [0.2, 0.25) is 0 Å². The molecule has 3 N–H and O–H groups in total. The van der Waals surface area contributed by atoms with Crippen molar-refractivity contribution in [3.63, 3.8) is 0 Å². The predicted molar refractivity (Wildman–Crippen MR) is 101 cm³/mol. The summed E-state index contributed by atoms with van der Waals surface area (Å²) >= 11 is 0. The van der Waals surface area contributed by atoms with Crippen LogP contribution in [0, 0.1) is 11.8 Å². The van der Waals surface area contributed by atoms with Gasteiger partial charge in [0.1, 0.15) is 17.8 Å². The standard InChI is InChI=1S/C20H26N4O4/c1-20(14-5-3-4-6-16(14)28-2)18(26)24(19(27)22-20)11-17(25)23-9-12-7-8-15(21)13(12)10-23/h3-6,12-13,15H,7-11,21H2,1-2H3,(H,22,27). The maximum atomic E-state index is 13.1. The van der Waals surface area contributed by atoms with E-state index in [1.54, 1.807) is 36.1 Å². The first-order valence-electron chi connectivity index (χ1n) is 9.66. The molecular formula is C20H26N4O4. The third-order valence-corrected chi connectivity index (χ3v) is 6.48. The number of hydrogen-bond donors (Lipinski definition) is 2. The number of fused-ring (bicyclic) bond motifs is 1. The number of para-hydroxylation sites is 1. The number of carbonyl (C=O) groups excluding carboxylic acids is 3. The molecule has 4 amide bonds. The van der Waals surface area contributed by atoms with E-state index in [1.807, 2.05) is 0 Å². The Hall–Kier alpha value is -2.61. The number of amides is 4. The van der Waals surface area contributed by atoms with E-state index < -0.39 is 17.5 Å². The summed E-state index contributed by atoms with van der Waals surface area (Å²) in [5.74, 6) is 0.598. The topological polar surface area (TPSA) is 105 Å². The maximum absolute atomic E-state index is 13.1. The molecule has 3 aliphatic rings. The Kier molecular flexibility index (Phi) is 4.53. The normalized spacial score (nSPS) is 31.9. The predicted octanol–water partition coefficient (Wildman–Crippen LogP) is 0.658. The third kappa shape index (κ3) is 2.83. The fourth-order valence-electron chi connectivity index (χ4n) is 4.83. The van der Waals surface area contributed by atoms with Gasteiger partial charge in [-0.25, -0.2) is 4.79 Å². The Balaban J connectivity index is 1.50. The average molecular weight is 386 g/mol. The summed E-state index contributed by atoms with van der Waals surface area (Å²) in [6, 6.07) is 6.62. The maximum Gasteiger partial charge on any atom is 0.325 e. The van der Waals surface area contributed by atoms with Crippen LogP contribution in [0.15, 0.2) is 24.3 Å². The molecule has 150 valence electrons. The first-order valence-corrected chi connectivity index (χ1v) is 9.66. The molecule has 2 aliphatic heterocycles. The van der Waals surface area contributed by atoms with Gasteiger partial charge in [0, 0.05) is 24.7 Å². The van der Waals surface area contributed by atoms with E-state index in [0.29, 0.717) is 36.2 Å². The zero-order valence-corrected chi connectivity index (χ0v) is 16.2. The highest BCUT2D eigenvalue weighted by atomic mass is 16.5. The van der Waals surface area contributed by atoms with Gasteiger partial charge in [-0.1, -0.05) is 18.2 Å². The Labute approximate surface area is 164 Å². The van der Waals surface area contributed by atoms with Crippen molar-refractivity contribution in [2.24, 2.45) is 17.6 Å². The number of benzene rings is 1. The van der Waals surface area contributed by atoms with Crippen LogP contribution in [0.4, 0.5) is 4.79 Å². The van der Waals surface area contributed by atoms with E-state index in [0.717, 1.165) is 17.7 Å². The molecule has 0 spiro atoms. The minimum Gasteiger partial charge on any atom is -0.496 e. The molecule has 1 saturated carbocycles. The van der Waals surface area contributed by atoms with Gasteiger partial charge in [-0.15, -0.1) is 0 Å². The number of methoxy groups -OCH3 is 1. The zero-order chi connectivity index (χ0) is 20.1. The Morgan fingerprint density at radius 2 is 2.04 bits per heavy atom. The van der Waals surface area contributed by atoms with Crippen LogP contribution in [0.3, 0.4) is 0 Å². The summed E-state index contributed by atoms with van der Waals surface area (Å²) < 4.78 is 5.35. The van der Waals surface area contributed by atoms with Crippen molar-refractivity contribution in [3.8, 4) is 5.75 Å². The van der Waals surface area contributed by atoms with Crippen LogP contribution in [0.5, 0.6) is 5.75 Å². The highest BCUT2D eigenvalue weighted by Gasteiger charge is 2.51. The van der Waals surface area contributed by atoms with Gasteiger partial charge in [0.05, 0.1) is 7.11 Å². The lowest BCUT2D eigenvalue weighted by Crippen LogP contribution is -2.44. The highest BCUT2D eigenvalue weighted by molar-refractivity contribution is 6.09. The van der Waals surface area contributed by atoms with Crippen molar-refractivity contribution in [2.45, 2.75) is 31.3 Å². The number of hydrogen-bond acceptors (Lipinski definition) is 5. The van der Waals surface area contributed by atoms with Crippen LogP contribution in [-0.2, 0) is 15.1 Å². The quantitative estimate of drug-likeness (QED) is 0.740. The van der Waals surface area contributed by atoms with Gasteiger partial charge in [0.15, 0.2) is 0 Å². The fraction of sp³-hybridized carbons (Fsp3) is 0.550. The summed E-state index contributed by atoms with van der Waals surface area (Å²) in [7, 11) is 1.51. The number of imide groups is 1. The smallest absolute Gasteiger partial charge is 0.325 e. The molecule has 1 aromatic rings. The van der Waals surface area contributed by atoms with Crippen molar-refractivity contribution in [2.75, 3.05) is 26.7 Å². The van der Waals surface area contributed by atoms with Crippen LogP contribution in [0.1, 0.15) is 25.3 Å². The largest absolute Gasteiger partial charge is 0.496 e. The van der Waals surface area contributed by atoms with Crippen molar-refractivity contribution >= 4 is 17.8 Å². The Bertz CT molecular complexity index is 828. The van der Waals surface area contributed by atoms with Crippen LogP contribution >= 0.6 is 0 Å². The van der Waals surface area contributed by atoms with Gasteiger partial charge in [-0.05, 0) is 37.7 Å². The first kappa shape index (κ1) is 18.7. The summed E-state index contributed by atoms with van der Waals surface area (Å²) in [6.45, 7) is 2.64. The van der Waals surface area contributed by atoms with E-state index in [9.17, 15) is 14.4 Å². The Morgan fingerprint density at radius 1 is 1.29 bits per heavy atom. The Morgan fingerprint density at radius 3 is 2.75 bits per heavy atom. The van der Waals surface area contributed by atoms with Gasteiger partial charge >= 0.3 is 6.03 Å². The minimum atomic E-state index is -1.27. The van der Waals surface area contributed by atoms with Crippen molar-refractivity contribution in [1.29, 1.82) is 0 Å². The van der Waals surface area contributed by atoms with E-state index >= 15 is 0 Å². The molecule has 2 heterocycles. The molecule has 8 heteroatoms. The molecular weight excluding hydrogens is 360 g/mol. The third-order valence-electron chi connectivity index (χ3n) is 6.48. The molecule has 0 bridgehead atoms. The molecule has 1 aliphatic carbocycles. The second kappa shape index (κ2) is 6.77. The number of likely N-dealkylation sites (tertiary alicyclic amines) is 1. The molecule has 0 radical (unpaired) electrons. The monoisotopic (exact) mass is 386 g/mol. The lowest BCUT2D eigenvalue weighted by molar-refractivity contribution is -0.138. The molecule has 3 fully saturated rings. The van der Waals surface area contributed by atoms with Gasteiger partial charge < -0.3 is 20.7 Å². The number of ether oxygens (including phenoxy) is 1. The fourth-order valence-corrected chi connectivity index (χ4v) is 4.83. The number of urea groups is 1. The molecule has 2 saturated heterocycles. The first-order chi connectivity index (χ1) is 13.3. The summed E-state index contributed by atoms with van der Waals surface area (Å²) in [4.78, 5) is 41.2. The van der Waals surface area contributed by atoms with Crippen molar-refractivity contribution in [3.05, 3.63) is 29.8 Å². The molecule has 0 aromatic heterocycles. The van der Waals surface area contributed by atoms with E-state index in [4.69, 9.17) is 10.5 Å². The zero-order valence-electron chi connectivity index (χ0n) is 16.2. The van der Waals surface area contributed by atoms with Crippen molar-refractivity contribution < 1.29 is 19.1 Å². The second-order valence-corrected chi connectivity index (χ2v) is 8.11. The van der Waals surface area contributed by atoms with Crippen LogP contribution in [0.25, 0.3) is 0 Å². The SMILES string of the molecule is COc1ccccc1C1(C)NC(=O)N(CC(=O)N2CC3CCC(N)C3C2)C1=O. The van der Waals surface area contributed by atoms with Crippen LogP contribution in [-0.4, -0.2) is 60.4 Å². The van der Waals surface area contributed by atoms with Crippen molar-refractivity contribution in [1.82, 2.24) is 15.1 Å². The number of nitrogens with zero attached hydrogens (tertiary/aromatic N) is 2. The molecule has 4 unspecified atom stereocenters. The lowest BCUT2D eigenvalue weighted by Gasteiger charge is -2.25.